The molecule has 2 amide bonds. The Morgan fingerprint density at radius 1 is 1.44 bits per heavy atom. The molecule has 6 N–H and O–H groups in total. The number of aliphatic hydroxyl groups excluding tert-OH is 1. The highest BCUT2D eigenvalue weighted by Crippen LogP contribution is 2.31. The van der Waals surface area contributed by atoms with Gasteiger partial charge in [0.1, 0.15) is 13.3 Å². The minimum absolute atomic E-state index is 0.248. The van der Waals surface area contributed by atoms with Crippen molar-refractivity contribution in [3.8, 4) is 0 Å². The Morgan fingerprint density at radius 3 is 2.76 bits per heavy atom. The first-order valence-corrected chi connectivity index (χ1v) is 8.07. The van der Waals surface area contributed by atoms with Crippen LogP contribution in [0.3, 0.4) is 0 Å². The molecule has 9 nitrogen and oxygen atoms in total. The third kappa shape index (κ3) is 3.77. The number of hydrogen-bond acceptors (Lipinski definition) is 6. The van der Waals surface area contributed by atoms with E-state index in [0.717, 1.165) is 31.6 Å². The summed E-state index contributed by atoms with van der Waals surface area (Å²) >= 11 is 0. The molecule has 0 saturated carbocycles. The van der Waals surface area contributed by atoms with Gasteiger partial charge in [0.25, 0.3) is 0 Å². The van der Waals surface area contributed by atoms with E-state index in [9.17, 15) is 9.90 Å². The zero-order chi connectivity index (χ0) is 18.0. The molecule has 0 radical (unpaired) electrons. The van der Waals surface area contributed by atoms with Gasteiger partial charge < -0.3 is 21.1 Å². The van der Waals surface area contributed by atoms with Crippen LogP contribution in [0.1, 0.15) is 12.8 Å². The Bertz CT molecular complexity index is 777. The van der Waals surface area contributed by atoms with Crippen molar-refractivity contribution in [2.75, 3.05) is 30.4 Å². The maximum absolute atomic E-state index is 11.4. The fourth-order valence-corrected chi connectivity index (χ4v) is 2.83. The third-order valence-electron chi connectivity index (χ3n) is 4.27. The fraction of sp³-hybridized carbons (Fsp3) is 0.375. The van der Waals surface area contributed by atoms with Crippen molar-refractivity contribution in [3.63, 3.8) is 0 Å². The number of nitrogens with zero attached hydrogens (tertiary/aromatic N) is 4. The average molecular weight is 344 g/mol. The molecule has 0 aliphatic carbocycles. The first-order valence-electron chi connectivity index (χ1n) is 8.07. The summed E-state index contributed by atoms with van der Waals surface area (Å²) in [6.45, 7) is 1.51. The Hall–Kier alpha value is -2.94. The SMILES string of the molecule is C[N+]1=C(N)C(=Nc2ccc(N3CCC(O)CC3)cc2NC(N)=O)C=N1. The zero-order valence-corrected chi connectivity index (χ0v) is 14.0. The number of carbonyl (C=O) groups is 1. The van der Waals surface area contributed by atoms with Crippen molar-refractivity contribution in [2.24, 2.45) is 21.6 Å². The number of urea groups is 1. The molecule has 2 heterocycles. The number of aliphatic hydroxyl groups is 1. The van der Waals surface area contributed by atoms with Gasteiger partial charge in [0.05, 0.1) is 17.5 Å². The molecule has 0 bridgehead atoms. The van der Waals surface area contributed by atoms with Gasteiger partial charge in [0, 0.05) is 18.8 Å². The number of benzene rings is 1. The number of hydrogen-bond donors (Lipinski definition) is 4. The van der Waals surface area contributed by atoms with Gasteiger partial charge in [0.15, 0.2) is 5.71 Å². The van der Waals surface area contributed by atoms with E-state index in [1.807, 2.05) is 12.1 Å². The van der Waals surface area contributed by atoms with Crippen LogP contribution in [0.5, 0.6) is 0 Å². The molecular formula is C16H22N7O2+. The smallest absolute Gasteiger partial charge is 0.320 e. The van der Waals surface area contributed by atoms with E-state index in [2.05, 4.69) is 20.3 Å². The summed E-state index contributed by atoms with van der Waals surface area (Å²) in [6, 6.07) is 4.89. The van der Waals surface area contributed by atoms with Gasteiger partial charge in [-0.3, -0.25) is 5.73 Å². The Balaban J connectivity index is 1.92. The van der Waals surface area contributed by atoms with Crippen molar-refractivity contribution in [1.29, 1.82) is 0 Å². The predicted molar refractivity (Wildman–Crippen MR) is 98.1 cm³/mol. The molecule has 132 valence electrons. The number of piperidine rings is 1. The minimum Gasteiger partial charge on any atom is -0.393 e. The second-order valence-electron chi connectivity index (χ2n) is 6.06. The van der Waals surface area contributed by atoms with Crippen LogP contribution in [0.15, 0.2) is 28.3 Å². The van der Waals surface area contributed by atoms with Crippen molar-refractivity contribution in [1.82, 2.24) is 0 Å². The number of hydrazone groups is 1. The number of anilines is 2. The summed E-state index contributed by atoms with van der Waals surface area (Å²) in [7, 11) is 1.73. The minimum atomic E-state index is -0.665. The van der Waals surface area contributed by atoms with E-state index in [1.54, 1.807) is 19.3 Å². The lowest BCUT2D eigenvalue weighted by atomic mass is 10.1. The first-order chi connectivity index (χ1) is 11.9. The number of rotatable bonds is 3. The number of carbonyl (C=O) groups excluding carboxylic acids is 1. The van der Waals surface area contributed by atoms with Crippen molar-refractivity contribution < 1.29 is 14.6 Å². The second-order valence-corrected chi connectivity index (χ2v) is 6.06. The molecule has 25 heavy (non-hydrogen) atoms. The summed E-state index contributed by atoms with van der Waals surface area (Å²) in [6.07, 6.45) is 2.75. The van der Waals surface area contributed by atoms with Crippen molar-refractivity contribution in [3.05, 3.63) is 18.2 Å². The maximum atomic E-state index is 11.4. The third-order valence-corrected chi connectivity index (χ3v) is 4.27. The summed E-state index contributed by atoms with van der Waals surface area (Å²) in [5.74, 6) is 0.430. The van der Waals surface area contributed by atoms with Crippen molar-refractivity contribution >= 4 is 40.9 Å². The molecular weight excluding hydrogens is 322 g/mol. The highest BCUT2D eigenvalue weighted by molar-refractivity contribution is 6.62. The standard InChI is InChI=1S/C16H21N7O2/c1-22-15(17)14(9-19-22)20-12-3-2-10(8-13(12)21-16(18)25)23-6-4-11(24)5-7-23/h2-3,8-9,11,24H,4-7H2,1H3,(H4,17,18,19,21,25)/p+1. The van der Waals surface area contributed by atoms with Gasteiger partial charge in [-0.1, -0.05) is 5.10 Å². The molecule has 0 aromatic heterocycles. The van der Waals surface area contributed by atoms with E-state index in [-0.39, 0.29) is 6.10 Å². The van der Waals surface area contributed by atoms with Crippen LogP contribution in [0.4, 0.5) is 21.9 Å². The molecule has 9 heteroatoms. The molecule has 1 saturated heterocycles. The summed E-state index contributed by atoms with van der Waals surface area (Å²) in [4.78, 5) is 18.0. The van der Waals surface area contributed by atoms with Gasteiger partial charge >= 0.3 is 11.9 Å². The monoisotopic (exact) mass is 344 g/mol. The van der Waals surface area contributed by atoms with Gasteiger partial charge in [-0.25, -0.2) is 9.79 Å². The van der Waals surface area contributed by atoms with E-state index in [1.165, 1.54) is 4.68 Å². The molecule has 0 atom stereocenters. The number of amidine groups is 1. The van der Waals surface area contributed by atoms with Crippen molar-refractivity contribution in [2.45, 2.75) is 18.9 Å². The largest absolute Gasteiger partial charge is 0.393 e. The number of aliphatic imine (C=N–C) groups is 1. The lowest BCUT2D eigenvalue weighted by molar-refractivity contribution is -0.498. The first kappa shape index (κ1) is 16.9. The molecule has 3 rings (SSSR count). The molecule has 2 aliphatic heterocycles. The highest BCUT2D eigenvalue weighted by atomic mass is 16.3. The molecule has 0 unspecified atom stereocenters. The zero-order valence-electron chi connectivity index (χ0n) is 14.0. The molecule has 0 spiro atoms. The number of amides is 2. The van der Waals surface area contributed by atoms with Crippen LogP contribution >= 0.6 is 0 Å². The summed E-state index contributed by atoms with van der Waals surface area (Å²) in [5, 5.41) is 16.3. The highest BCUT2D eigenvalue weighted by Gasteiger charge is 2.21. The van der Waals surface area contributed by atoms with Gasteiger partial charge in [-0.15, -0.1) is 4.68 Å². The van der Waals surface area contributed by atoms with Crippen LogP contribution < -0.4 is 21.7 Å². The average Bonchev–Trinajstić information content (AvgIpc) is 2.89. The fourth-order valence-electron chi connectivity index (χ4n) is 2.83. The maximum Gasteiger partial charge on any atom is 0.320 e. The topological polar surface area (TPSA) is 132 Å². The van der Waals surface area contributed by atoms with E-state index in [0.29, 0.717) is 22.9 Å². The van der Waals surface area contributed by atoms with Crippen LogP contribution in [0, 0.1) is 0 Å². The predicted octanol–water partition coefficient (Wildman–Crippen LogP) is 0.210. The molecule has 1 aromatic rings. The Kier molecular flexibility index (Phi) is 4.66. The normalized spacial score (nSPS) is 19.8. The molecule has 1 fully saturated rings. The second kappa shape index (κ2) is 6.89. The number of nitrogens with two attached hydrogens (primary N) is 2. The lowest BCUT2D eigenvalue weighted by Crippen LogP contribution is -2.35. The van der Waals surface area contributed by atoms with E-state index < -0.39 is 6.03 Å². The molecule has 1 aromatic carbocycles. The van der Waals surface area contributed by atoms with Gasteiger partial charge in [0.2, 0.25) is 0 Å². The van der Waals surface area contributed by atoms with Gasteiger partial charge in [-0.2, -0.15) is 0 Å². The number of nitrogens with one attached hydrogen (secondary N) is 1. The van der Waals surface area contributed by atoms with E-state index in [4.69, 9.17) is 11.5 Å². The van der Waals surface area contributed by atoms with Crippen LogP contribution in [0.25, 0.3) is 0 Å². The summed E-state index contributed by atoms with van der Waals surface area (Å²) < 4.78 is 1.52. The molecule has 2 aliphatic rings. The van der Waals surface area contributed by atoms with Gasteiger partial charge in [-0.05, 0) is 31.0 Å². The lowest BCUT2D eigenvalue weighted by Gasteiger charge is -2.31. The number of primary amides is 1. The Morgan fingerprint density at radius 2 is 2.16 bits per heavy atom. The summed E-state index contributed by atoms with van der Waals surface area (Å²) in [5.41, 5.74) is 13.7. The quantitative estimate of drug-likeness (QED) is 0.583. The Labute approximate surface area is 145 Å². The van der Waals surface area contributed by atoms with Crippen LogP contribution in [-0.2, 0) is 0 Å². The van der Waals surface area contributed by atoms with Crippen LogP contribution in [-0.4, -0.2) is 59.8 Å². The van der Waals surface area contributed by atoms with E-state index >= 15 is 0 Å². The van der Waals surface area contributed by atoms with Crippen LogP contribution in [0.2, 0.25) is 0 Å².